The van der Waals surface area contributed by atoms with Gasteiger partial charge < -0.3 is 10.1 Å². The molecule has 0 saturated carbocycles. The molecule has 2 rings (SSSR count). The summed E-state index contributed by atoms with van der Waals surface area (Å²) in [6.45, 7) is 7.37. The van der Waals surface area contributed by atoms with Crippen LogP contribution in [-0.4, -0.2) is 18.2 Å². The number of carbonyl (C=O) groups excluding carboxylic acids is 1. The maximum Gasteiger partial charge on any atom is 0.412 e. The second-order valence-electron chi connectivity index (χ2n) is 6.38. The molecule has 1 heterocycles. The first kappa shape index (κ1) is 17.5. The molecule has 23 heavy (non-hydrogen) atoms. The van der Waals surface area contributed by atoms with E-state index in [2.05, 4.69) is 27.5 Å². The minimum absolute atomic E-state index is 0.428. The number of rotatable bonds is 6. The lowest BCUT2D eigenvalue weighted by Crippen LogP contribution is -2.27. The van der Waals surface area contributed by atoms with Crippen LogP contribution in [0.15, 0.2) is 41.1 Å². The average molecular weight is 332 g/mol. The zero-order valence-electron chi connectivity index (χ0n) is 13.9. The Labute approximate surface area is 141 Å². The number of benzene rings is 1. The monoisotopic (exact) mass is 332 g/mol. The van der Waals surface area contributed by atoms with Crippen LogP contribution in [0.5, 0.6) is 0 Å². The Morgan fingerprint density at radius 2 is 1.87 bits per heavy atom. The summed E-state index contributed by atoms with van der Waals surface area (Å²) in [5.74, 6) is 0. The quantitative estimate of drug-likeness (QED) is 0.770. The van der Waals surface area contributed by atoms with E-state index in [9.17, 15) is 4.79 Å². The fraction of sp³-hybridized carbons (Fsp3) is 0.389. The molecule has 1 aromatic carbocycles. The molecule has 0 aliphatic carbocycles. The van der Waals surface area contributed by atoms with Crippen molar-refractivity contribution < 1.29 is 9.53 Å². The van der Waals surface area contributed by atoms with Crippen LogP contribution in [0.4, 0.5) is 10.5 Å². The Hall–Kier alpha value is -1.85. The van der Waals surface area contributed by atoms with E-state index in [0.29, 0.717) is 0 Å². The molecule has 0 fully saturated rings. The second kappa shape index (κ2) is 8.13. The lowest BCUT2D eigenvalue weighted by Gasteiger charge is -2.19. The number of thiophene rings is 1. The van der Waals surface area contributed by atoms with Gasteiger partial charge in [-0.05, 0) is 73.8 Å². The molecule has 4 nitrogen and oxygen atoms in total. The van der Waals surface area contributed by atoms with Gasteiger partial charge in [0.2, 0.25) is 0 Å². The van der Waals surface area contributed by atoms with E-state index in [-0.39, 0.29) is 0 Å². The van der Waals surface area contributed by atoms with Gasteiger partial charge in [0.05, 0.1) is 0 Å². The van der Waals surface area contributed by atoms with E-state index in [1.165, 1.54) is 11.1 Å². The third-order valence-electron chi connectivity index (χ3n) is 3.10. The van der Waals surface area contributed by atoms with Gasteiger partial charge in [0.15, 0.2) is 0 Å². The smallest absolute Gasteiger partial charge is 0.412 e. The summed E-state index contributed by atoms with van der Waals surface area (Å²) in [5.41, 5.74) is 2.82. The van der Waals surface area contributed by atoms with Crippen molar-refractivity contribution in [2.75, 3.05) is 11.9 Å². The van der Waals surface area contributed by atoms with Gasteiger partial charge in [-0.1, -0.05) is 12.1 Å². The summed E-state index contributed by atoms with van der Waals surface area (Å²) >= 11 is 1.72. The maximum absolute atomic E-state index is 11.7. The first-order chi connectivity index (χ1) is 10.9. The number of anilines is 1. The minimum atomic E-state index is -0.488. The van der Waals surface area contributed by atoms with Crippen molar-refractivity contribution in [1.29, 1.82) is 0 Å². The molecule has 0 bridgehead atoms. The molecular weight excluding hydrogens is 308 g/mol. The highest BCUT2D eigenvalue weighted by Gasteiger charge is 2.15. The molecule has 2 N–H and O–H groups in total. The Bertz CT molecular complexity index is 601. The van der Waals surface area contributed by atoms with Crippen LogP contribution in [0, 0.1) is 0 Å². The third-order valence-corrected chi connectivity index (χ3v) is 3.83. The maximum atomic E-state index is 11.7. The fourth-order valence-corrected chi connectivity index (χ4v) is 2.70. The van der Waals surface area contributed by atoms with Gasteiger partial charge in [-0.15, -0.1) is 0 Å². The summed E-state index contributed by atoms with van der Waals surface area (Å²) in [7, 11) is 0. The Morgan fingerprint density at radius 3 is 2.48 bits per heavy atom. The lowest BCUT2D eigenvalue weighted by atomic mass is 10.1. The lowest BCUT2D eigenvalue weighted by molar-refractivity contribution is 0.0636. The number of hydrogen-bond acceptors (Lipinski definition) is 4. The molecule has 0 radical (unpaired) electrons. The number of ether oxygens (including phenoxy) is 1. The van der Waals surface area contributed by atoms with E-state index in [0.717, 1.165) is 25.2 Å². The van der Waals surface area contributed by atoms with Gasteiger partial charge in [0, 0.05) is 12.2 Å². The van der Waals surface area contributed by atoms with Crippen LogP contribution in [0.25, 0.3) is 0 Å². The SMILES string of the molecule is CC(C)(C)OC(=O)Nc1ccc(CCNCc2ccsc2)cc1. The van der Waals surface area contributed by atoms with Crippen LogP contribution in [0.1, 0.15) is 31.9 Å². The Morgan fingerprint density at radius 1 is 1.13 bits per heavy atom. The first-order valence-electron chi connectivity index (χ1n) is 7.73. The number of carbonyl (C=O) groups is 1. The van der Waals surface area contributed by atoms with Crippen molar-refractivity contribution in [2.45, 2.75) is 39.3 Å². The van der Waals surface area contributed by atoms with Crippen LogP contribution in [-0.2, 0) is 17.7 Å². The number of nitrogens with one attached hydrogen (secondary N) is 2. The van der Waals surface area contributed by atoms with Crippen LogP contribution in [0.3, 0.4) is 0 Å². The number of hydrogen-bond donors (Lipinski definition) is 2. The zero-order valence-corrected chi connectivity index (χ0v) is 14.7. The molecule has 2 aromatic rings. The van der Waals surface area contributed by atoms with Crippen LogP contribution < -0.4 is 10.6 Å². The molecule has 1 amide bonds. The first-order valence-corrected chi connectivity index (χ1v) is 8.67. The fourth-order valence-electron chi connectivity index (χ4n) is 2.03. The van der Waals surface area contributed by atoms with Gasteiger partial charge in [-0.25, -0.2) is 4.79 Å². The molecule has 0 saturated heterocycles. The largest absolute Gasteiger partial charge is 0.444 e. The highest BCUT2D eigenvalue weighted by molar-refractivity contribution is 7.07. The molecule has 0 aliphatic rings. The second-order valence-corrected chi connectivity index (χ2v) is 7.16. The highest BCUT2D eigenvalue weighted by atomic mass is 32.1. The minimum Gasteiger partial charge on any atom is -0.444 e. The zero-order chi connectivity index (χ0) is 16.7. The molecule has 1 aromatic heterocycles. The average Bonchev–Trinajstić information content (AvgIpc) is 2.96. The topological polar surface area (TPSA) is 50.4 Å². The molecule has 5 heteroatoms. The molecule has 0 atom stereocenters. The van der Waals surface area contributed by atoms with Gasteiger partial charge >= 0.3 is 6.09 Å². The highest BCUT2D eigenvalue weighted by Crippen LogP contribution is 2.13. The van der Waals surface area contributed by atoms with Crippen LogP contribution >= 0.6 is 11.3 Å². The van der Waals surface area contributed by atoms with E-state index in [4.69, 9.17) is 4.74 Å². The van der Waals surface area contributed by atoms with Crippen molar-refractivity contribution >= 4 is 23.1 Å². The van der Waals surface area contributed by atoms with Crippen molar-refractivity contribution in [1.82, 2.24) is 5.32 Å². The van der Waals surface area contributed by atoms with E-state index >= 15 is 0 Å². The predicted octanol–water partition coefficient (Wildman–Crippen LogP) is 4.43. The molecule has 0 spiro atoms. The normalized spacial score (nSPS) is 11.3. The summed E-state index contributed by atoms with van der Waals surface area (Å²) in [6.07, 6.45) is 0.527. The summed E-state index contributed by atoms with van der Waals surface area (Å²) in [4.78, 5) is 11.7. The Kier molecular flexibility index (Phi) is 6.19. The van der Waals surface area contributed by atoms with Gasteiger partial charge in [-0.3, -0.25) is 5.32 Å². The number of amides is 1. The van der Waals surface area contributed by atoms with Gasteiger partial charge in [0.1, 0.15) is 5.60 Å². The van der Waals surface area contributed by atoms with Crippen molar-refractivity contribution in [3.8, 4) is 0 Å². The molecular formula is C18H24N2O2S. The molecule has 0 aliphatic heterocycles. The van der Waals surface area contributed by atoms with E-state index in [1.54, 1.807) is 11.3 Å². The third kappa shape index (κ3) is 6.84. The van der Waals surface area contributed by atoms with Gasteiger partial charge in [0.25, 0.3) is 0 Å². The predicted molar refractivity (Wildman–Crippen MR) is 96.0 cm³/mol. The van der Waals surface area contributed by atoms with Crippen molar-refractivity contribution in [2.24, 2.45) is 0 Å². The van der Waals surface area contributed by atoms with Crippen molar-refractivity contribution in [3.63, 3.8) is 0 Å². The van der Waals surface area contributed by atoms with Gasteiger partial charge in [-0.2, -0.15) is 11.3 Å². The summed E-state index contributed by atoms with van der Waals surface area (Å²) in [5, 5.41) is 10.4. The molecule has 124 valence electrons. The van der Waals surface area contributed by atoms with E-state index < -0.39 is 11.7 Å². The van der Waals surface area contributed by atoms with E-state index in [1.807, 2.05) is 45.0 Å². The summed E-state index contributed by atoms with van der Waals surface area (Å²) < 4.78 is 5.23. The summed E-state index contributed by atoms with van der Waals surface area (Å²) in [6, 6.07) is 9.99. The van der Waals surface area contributed by atoms with Crippen molar-refractivity contribution in [3.05, 3.63) is 52.2 Å². The Balaban J connectivity index is 1.72. The standard InChI is InChI=1S/C18H24N2O2S/c1-18(2,3)22-17(21)20-16-6-4-14(5-7-16)8-10-19-12-15-9-11-23-13-15/h4-7,9,11,13,19H,8,10,12H2,1-3H3,(H,20,21). The molecule has 0 unspecified atom stereocenters. The van der Waals surface area contributed by atoms with Crippen LogP contribution in [0.2, 0.25) is 0 Å².